The number of hydrogen-bond acceptors (Lipinski definition) is 6. The molecule has 0 aliphatic carbocycles. The average Bonchev–Trinajstić information content (AvgIpc) is 2.45. The highest BCUT2D eigenvalue weighted by Gasteiger charge is 2.20. The summed E-state index contributed by atoms with van der Waals surface area (Å²) in [5, 5.41) is 9.34. The van der Waals surface area contributed by atoms with E-state index in [1.165, 1.54) is 21.0 Å². The molecule has 0 aromatic heterocycles. The van der Waals surface area contributed by atoms with E-state index < -0.39 is 17.7 Å². The number of allylic oxidation sites excluding steroid dienone is 1. The monoisotopic (exact) mass is 322 g/mol. The smallest absolute Gasteiger partial charge is 0.311 e. The van der Waals surface area contributed by atoms with Gasteiger partial charge in [-0.05, 0) is 24.1 Å². The van der Waals surface area contributed by atoms with Crippen molar-refractivity contribution >= 4 is 11.9 Å². The number of carbonyl (C=O) groups is 2. The first-order valence-electron chi connectivity index (χ1n) is 7.18. The predicted octanol–water partition coefficient (Wildman–Crippen LogP) is 2.38. The molecular weight excluding hydrogens is 300 g/mol. The minimum absolute atomic E-state index is 0.160. The summed E-state index contributed by atoms with van der Waals surface area (Å²) < 4.78 is 15.1. The topological polar surface area (TPSA) is 82.1 Å². The lowest BCUT2D eigenvalue weighted by Crippen LogP contribution is -2.27. The molecule has 1 aromatic carbocycles. The normalized spacial score (nSPS) is 10.8. The molecule has 0 saturated heterocycles. The van der Waals surface area contributed by atoms with Gasteiger partial charge < -0.3 is 19.3 Å². The van der Waals surface area contributed by atoms with E-state index in [0.29, 0.717) is 12.2 Å². The van der Waals surface area contributed by atoms with Gasteiger partial charge in [0.25, 0.3) is 0 Å². The van der Waals surface area contributed by atoms with Gasteiger partial charge in [-0.25, -0.2) is 0 Å². The number of aliphatic hydroxyl groups is 1. The SMILES string of the molecule is C=CCc1ccc(OC(=O)CCC(=O)OC(C)(C)O)c(OC)c1. The lowest BCUT2D eigenvalue weighted by atomic mass is 10.1. The molecule has 0 bridgehead atoms. The Kier molecular flexibility index (Phi) is 6.78. The summed E-state index contributed by atoms with van der Waals surface area (Å²) in [6.45, 7) is 6.33. The van der Waals surface area contributed by atoms with Gasteiger partial charge in [0.1, 0.15) is 0 Å². The maximum Gasteiger partial charge on any atom is 0.311 e. The highest BCUT2D eigenvalue weighted by atomic mass is 16.7. The van der Waals surface area contributed by atoms with Gasteiger partial charge in [-0.3, -0.25) is 9.59 Å². The van der Waals surface area contributed by atoms with Gasteiger partial charge in [0.15, 0.2) is 11.5 Å². The van der Waals surface area contributed by atoms with Crippen LogP contribution in [0.5, 0.6) is 11.5 Å². The van der Waals surface area contributed by atoms with Crippen LogP contribution in [0.4, 0.5) is 0 Å². The van der Waals surface area contributed by atoms with Gasteiger partial charge in [-0.2, -0.15) is 0 Å². The second kappa shape index (κ2) is 8.33. The number of hydrogen-bond donors (Lipinski definition) is 1. The summed E-state index contributed by atoms with van der Waals surface area (Å²) >= 11 is 0. The van der Waals surface area contributed by atoms with Crippen molar-refractivity contribution in [2.45, 2.75) is 38.9 Å². The predicted molar refractivity (Wildman–Crippen MR) is 84.2 cm³/mol. The standard InChI is InChI=1S/C17H22O6/c1-5-6-12-7-8-13(14(11-12)21-4)22-15(18)9-10-16(19)23-17(2,3)20/h5,7-8,11,20H,1,6,9-10H2,2-4H3. The summed E-state index contributed by atoms with van der Waals surface area (Å²) in [5.74, 6) is -2.13. The van der Waals surface area contributed by atoms with Gasteiger partial charge in [-0.1, -0.05) is 12.1 Å². The molecule has 1 aromatic rings. The fourth-order valence-electron chi connectivity index (χ4n) is 1.80. The fourth-order valence-corrected chi connectivity index (χ4v) is 1.80. The van der Waals surface area contributed by atoms with Crippen LogP contribution in [0.25, 0.3) is 0 Å². The number of methoxy groups -OCH3 is 1. The molecule has 0 atom stereocenters. The van der Waals surface area contributed by atoms with E-state index in [-0.39, 0.29) is 18.6 Å². The van der Waals surface area contributed by atoms with E-state index in [1.54, 1.807) is 24.3 Å². The zero-order valence-corrected chi connectivity index (χ0v) is 13.6. The average molecular weight is 322 g/mol. The molecule has 6 heteroatoms. The van der Waals surface area contributed by atoms with Crippen LogP contribution in [0, 0.1) is 0 Å². The molecule has 0 fully saturated rings. The third-order valence-corrected chi connectivity index (χ3v) is 2.73. The quantitative estimate of drug-likeness (QED) is 0.342. The number of benzene rings is 1. The Balaban J connectivity index is 2.60. The Bertz CT molecular complexity index is 571. The Morgan fingerprint density at radius 3 is 2.43 bits per heavy atom. The van der Waals surface area contributed by atoms with Crippen molar-refractivity contribution in [2.75, 3.05) is 7.11 Å². The number of ether oxygens (including phenoxy) is 3. The third-order valence-electron chi connectivity index (χ3n) is 2.73. The molecule has 6 nitrogen and oxygen atoms in total. The van der Waals surface area contributed by atoms with Gasteiger partial charge in [0.05, 0.1) is 20.0 Å². The Labute approximate surface area is 135 Å². The lowest BCUT2D eigenvalue weighted by Gasteiger charge is -2.17. The summed E-state index contributed by atoms with van der Waals surface area (Å²) in [7, 11) is 1.48. The Morgan fingerprint density at radius 2 is 1.87 bits per heavy atom. The van der Waals surface area contributed by atoms with E-state index in [0.717, 1.165) is 5.56 Å². The molecule has 1 rings (SSSR count). The maximum absolute atomic E-state index is 11.8. The van der Waals surface area contributed by atoms with Crippen LogP contribution < -0.4 is 9.47 Å². The maximum atomic E-state index is 11.8. The highest BCUT2D eigenvalue weighted by molar-refractivity contribution is 5.79. The minimum Gasteiger partial charge on any atom is -0.493 e. The van der Waals surface area contributed by atoms with Crippen LogP contribution in [0.15, 0.2) is 30.9 Å². The van der Waals surface area contributed by atoms with Crippen molar-refractivity contribution in [3.8, 4) is 11.5 Å². The zero-order valence-electron chi connectivity index (χ0n) is 13.6. The molecule has 0 spiro atoms. The van der Waals surface area contributed by atoms with Crippen molar-refractivity contribution < 1.29 is 28.9 Å². The molecule has 126 valence electrons. The zero-order chi connectivity index (χ0) is 17.5. The third kappa shape index (κ3) is 6.97. The molecule has 0 unspecified atom stereocenters. The molecule has 0 aliphatic heterocycles. The van der Waals surface area contributed by atoms with Crippen LogP contribution in [-0.2, 0) is 20.7 Å². The number of carbonyl (C=O) groups excluding carboxylic acids is 2. The van der Waals surface area contributed by atoms with Crippen molar-refractivity contribution in [2.24, 2.45) is 0 Å². The molecule has 0 amide bonds. The van der Waals surface area contributed by atoms with E-state index >= 15 is 0 Å². The summed E-state index contributed by atoms with van der Waals surface area (Å²) in [5.41, 5.74) is 0.977. The summed E-state index contributed by atoms with van der Waals surface area (Å²) in [4.78, 5) is 23.2. The van der Waals surface area contributed by atoms with Crippen LogP contribution in [-0.4, -0.2) is 29.9 Å². The van der Waals surface area contributed by atoms with E-state index in [9.17, 15) is 14.7 Å². The molecule has 0 aliphatic rings. The second-order valence-corrected chi connectivity index (χ2v) is 5.37. The summed E-state index contributed by atoms with van der Waals surface area (Å²) in [6, 6.07) is 5.19. The minimum atomic E-state index is -1.56. The first-order valence-corrected chi connectivity index (χ1v) is 7.18. The van der Waals surface area contributed by atoms with Crippen LogP contribution in [0.1, 0.15) is 32.3 Å². The second-order valence-electron chi connectivity index (χ2n) is 5.37. The van der Waals surface area contributed by atoms with Gasteiger partial charge in [0.2, 0.25) is 5.79 Å². The number of rotatable bonds is 8. The van der Waals surface area contributed by atoms with Gasteiger partial charge in [0, 0.05) is 13.8 Å². The van der Waals surface area contributed by atoms with Crippen molar-refractivity contribution in [1.82, 2.24) is 0 Å². The van der Waals surface area contributed by atoms with Crippen molar-refractivity contribution in [3.63, 3.8) is 0 Å². The molecular formula is C17H22O6. The molecule has 23 heavy (non-hydrogen) atoms. The molecule has 1 N–H and O–H groups in total. The van der Waals surface area contributed by atoms with Gasteiger partial charge >= 0.3 is 11.9 Å². The van der Waals surface area contributed by atoms with Crippen LogP contribution in [0.2, 0.25) is 0 Å². The Morgan fingerprint density at radius 1 is 1.22 bits per heavy atom. The lowest BCUT2D eigenvalue weighted by molar-refractivity contribution is -0.195. The van der Waals surface area contributed by atoms with Crippen LogP contribution >= 0.6 is 0 Å². The molecule has 0 heterocycles. The van der Waals surface area contributed by atoms with E-state index in [1.807, 2.05) is 0 Å². The first-order chi connectivity index (χ1) is 10.7. The van der Waals surface area contributed by atoms with Crippen molar-refractivity contribution in [3.05, 3.63) is 36.4 Å². The number of esters is 2. The van der Waals surface area contributed by atoms with E-state index in [2.05, 4.69) is 6.58 Å². The van der Waals surface area contributed by atoms with Gasteiger partial charge in [-0.15, -0.1) is 6.58 Å². The van der Waals surface area contributed by atoms with E-state index in [4.69, 9.17) is 14.2 Å². The van der Waals surface area contributed by atoms with Crippen molar-refractivity contribution in [1.29, 1.82) is 0 Å². The molecule has 0 radical (unpaired) electrons. The first kappa shape index (κ1) is 18.7. The largest absolute Gasteiger partial charge is 0.493 e. The van der Waals surface area contributed by atoms with Crippen LogP contribution in [0.3, 0.4) is 0 Å². The molecule has 0 saturated carbocycles. The Hall–Kier alpha value is -2.34. The summed E-state index contributed by atoms with van der Waals surface area (Å²) in [6.07, 6.45) is 2.09. The fraction of sp³-hybridized carbons (Fsp3) is 0.412. The highest BCUT2D eigenvalue weighted by Crippen LogP contribution is 2.28.